The first-order chi connectivity index (χ1) is 15.0. The molecule has 6 heteroatoms. The minimum absolute atomic E-state index is 0.0339. The first-order valence-corrected chi connectivity index (χ1v) is 13.1. The van der Waals surface area contributed by atoms with Gasteiger partial charge in [0.05, 0.1) is 16.8 Å². The summed E-state index contributed by atoms with van der Waals surface area (Å²) in [7, 11) is 0. The fourth-order valence-electron chi connectivity index (χ4n) is 6.18. The highest BCUT2D eigenvalue weighted by molar-refractivity contribution is 7.17. The van der Waals surface area contributed by atoms with Gasteiger partial charge < -0.3 is 14.8 Å². The largest absolute Gasteiger partial charge is 0.351 e. The molecular weight excluding hydrogens is 406 g/mol. The maximum atomic E-state index is 13.9. The maximum absolute atomic E-state index is 13.9. The lowest BCUT2D eigenvalue weighted by molar-refractivity contribution is -0.135. The Bertz CT molecular complexity index is 971. The van der Waals surface area contributed by atoms with E-state index >= 15 is 0 Å². The van der Waals surface area contributed by atoms with Gasteiger partial charge in [0.2, 0.25) is 5.91 Å². The van der Waals surface area contributed by atoms with Gasteiger partial charge >= 0.3 is 0 Å². The number of fused-ring (bicyclic) bond motifs is 3. The molecule has 0 aromatic carbocycles. The number of nitrogens with one attached hydrogen (secondary N) is 1. The van der Waals surface area contributed by atoms with Gasteiger partial charge in [-0.1, -0.05) is 45.4 Å². The van der Waals surface area contributed by atoms with Gasteiger partial charge in [-0.05, 0) is 56.0 Å². The number of hydrogen-bond acceptors (Lipinski definition) is 3. The molecule has 0 bridgehead atoms. The minimum Gasteiger partial charge on any atom is -0.351 e. The predicted molar refractivity (Wildman–Crippen MR) is 125 cm³/mol. The molecule has 2 amide bonds. The van der Waals surface area contributed by atoms with Crippen molar-refractivity contribution in [1.82, 2.24) is 14.8 Å². The summed E-state index contributed by atoms with van der Waals surface area (Å²) in [5, 5.41) is 5.48. The molecule has 2 fully saturated rings. The minimum atomic E-state index is -0.857. The van der Waals surface area contributed by atoms with Crippen molar-refractivity contribution in [1.29, 1.82) is 0 Å². The third-order valence-electron chi connectivity index (χ3n) is 8.07. The molecule has 1 N–H and O–H groups in total. The standard InChI is InChI=1S/C25H35N3O2S/c1-17-9-7-8-12-19(17)26-24(30)25(2)16-27-20-13-14-31-22(20)15-21(27)23(29)28(25)18-10-5-3-4-6-11-18/h13-15,17-19H,3-12,16H2,1-2H3,(H,26,30)/t17-,19-,25+/m1/s1. The second-order valence-corrected chi connectivity index (χ2v) is 11.2. The van der Waals surface area contributed by atoms with Crippen LogP contribution in [-0.2, 0) is 11.3 Å². The molecule has 0 radical (unpaired) electrons. The zero-order chi connectivity index (χ0) is 21.6. The van der Waals surface area contributed by atoms with Crippen molar-refractivity contribution in [3.05, 3.63) is 23.2 Å². The summed E-state index contributed by atoms with van der Waals surface area (Å²) in [6.45, 7) is 4.80. The number of hydrogen-bond donors (Lipinski definition) is 1. The Labute approximate surface area is 189 Å². The number of carbonyl (C=O) groups excluding carboxylic acids is 2. The van der Waals surface area contributed by atoms with Crippen LogP contribution in [0.4, 0.5) is 0 Å². The molecule has 5 rings (SSSR count). The Hall–Kier alpha value is -1.82. The van der Waals surface area contributed by atoms with Crippen LogP contribution in [0.15, 0.2) is 17.5 Å². The number of carbonyl (C=O) groups is 2. The maximum Gasteiger partial charge on any atom is 0.271 e. The molecular formula is C25H35N3O2S. The van der Waals surface area contributed by atoms with E-state index in [1.54, 1.807) is 11.3 Å². The fourth-order valence-corrected chi connectivity index (χ4v) is 7.00. The van der Waals surface area contributed by atoms with Gasteiger partial charge in [-0.25, -0.2) is 0 Å². The first kappa shape index (κ1) is 21.0. The van der Waals surface area contributed by atoms with E-state index in [1.165, 1.54) is 32.1 Å². The number of aromatic nitrogens is 1. The molecule has 3 heterocycles. The Balaban J connectivity index is 1.53. The molecule has 2 aromatic rings. The molecule has 3 aliphatic rings. The smallest absolute Gasteiger partial charge is 0.271 e. The number of amides is 2. The van der Waals surface area contributed by atoms with Crippen LogP contribution in [-0.4, -0.2) is 38.9 Å². The molecule has 1 aliphatic heterocycles. The first-order valence-electron chi connectivity index (χ1n) is 12.2. The summed E-state index contributed by atoms with van der Waals surface area (Å²) in [6.07, 6.45) is 11.4. The molecule has 0 unspecified atom stereocenters. The van der Waals surface area contributed by atoms with Crippen molar-refractivity contribution < 1.29 is 9.59 Å². The number of rotatable bonds is 3. The lowest BCUT2D eigenvalue weighted by Crippen LogP contribution is -2.67. The number of thiophene rings is 1. The highest BCUT2D eigenvalue weighted by Crippen LogP contribution is 2.38. The Morgan fingerprint density at radius 3 is 2.55 bits per heavy atom. The third-order valence-corrected chi connectivity index (χ3v) is 8.92. The summed E-state index contributed by atoms with van der Waals surface area (Å²) < 4.78 is 3.24. The summed E-state index contributed by atoms with van der Waals surface area (Å²) in [4.78, 5) is 29.8. The van der Waals surface area contributed by atoms with Gasteiger partial charge in [-0.15, -0.1) is 11.3 Å². The van der Waals surface area contributed by atoms with Gasteiger partial charge in [0.15, 0.2) is 0 Å². The highest BCUT2D eigenvalue weighted by Gasteiger charge is 2.50. The van der Waals surface area contributed by atoms with Crippen LogP contribution < -0.4 is 5.32 Å². The lowest BCUT2D eigenvalue weighted by Gasteiger charge is -2.48. The van der Waals surface area contributed by atoms with Crippen LogP contribution in [0.3, 0.4) is 0 Å². The van der Waals surface area contributed by atoms with Gasteiger partial charge in [0.1, 0.15) is 11.2 Å². The van der Waals surface area contributed by atoms with E-state index in [9.17, 15) is 9.59 Å². The highest BCUT2D eigenvalue weighted by atomic mass is 32.1. The zero-order valence-electron chi connectivity index (χ0n) is 18.9. The Morgan fingerprint density at radius 1 is 1.10 bits per heavy atom. The van der Waals surface area contributed by atoms with Crippen molar-refractivity contribution >= 4 is 33.4 Å². The zero-order valence-corrected chi connectivity index (χ0v) is 19.7. The fraction of sp³-hybridized carbons (Fsp3) is 0.680. The van der Waals surface area contributed by atoms with E-state index in [2.05, 4.69) is 28.3 Å². The monoisotopic (exact) mass is 441 g/mol. The van der Waals surface area contributed by atoms with Crippen molar-refractivity contribution in [3.63, 3.8) is 0 Å². The topological polar surface area (TPSA) is 54.3 Å². The molecule has 0 spiro atoms. The van der Waals surface area contributed by atoms with E-state index < -0.39 is 5.54 Å². The van der Waals surface area contributed by atoms with Crippen LogP contribution in [0.1, 0.15) is 88.5 Å². The molecule has 0 saturated heterocycles. The van der Waals surface area contributed by atoms with Crippen LogP contribution in [0.2, 0.25) is 0 Å². The SMILES string of the molecule is C[C@@H]1CCCC[C@H]1NC(=O)[C@]1(C)Cn2c(cc3sccc32)C(=O)N1C1CCCCCC1. The lowest BCUT2D eigenvalue weighted by atomic mass is 9.84. The summed E-state index contributed by atoms with van der Waals surface area (Å²) in [6, 6.07) is 4.49. The molecule has 2 aromatic heterocycles. The summed E-state index contributed by atoms with van der Waals surface area (Å²) in [5.74, 6) is 0.570. The predicted octanol–water partition coefficient (Wildman–Crippen LogP) is 5.34. The van der Waals surface area contributed by atoms with Crippen molar-refractivity contribution in [2.45, 2.75) is 102 Å². The van der Waals surface area contributed by atoms with E-state index in [-0.39, 0.29) is 23.9 Å². The molecule has 168 valence electrons. The van der Waals surface area contributed by atoms with E-state index in [1.807, 2.05) is 17.9 Å². The van der Waals surface area contributed by atoms with Crippen LogP contribution in [0.5, 0.6) is 0 Å². The van der Waals surface area contributed by atoms with Gasteiger partial charge in [-0.2, -0.15) is 0 Å². The molecule has 3 atom stereocenters. The summed E-state index contributed by atoms with van der Waals surface area (Å²) >= 11 is 1.67. The van der Waals surface area contributed by atoms with Crippen molar-refractivity contribution in [2.24, 2.45) is 5.92 Å². The Kier molecular flexibility index (Phi) is 5.61. The average molecular weight is 442 g/mol. The van der Waals surface area contributed by atoms with Crippen molar-refractivity contribution in [3.8, 4) is 0 Å². The van der Waals surface area contributed by atoms with Crippen LogP contribution in [0, 0.1) is 5.92 Å². The van der Waals surface area contributed by atoms with E-state index in [0.29, 0.717) is 12.5 Å². The molecule has 2 saturated carbocycles. The number of nitrogens with zero attached hydrogens (tertiary/aromatic N) is 2. The quantitative estimate of drug-likeness (QED) is 0.654. The second kappa shape index (κ2) is 8.27. The van der Waals surface area contributed by atoms with E-state index in [0.717, 1.165) is 48.0 Å². The molecule has 5 nitrogen and oxygen atoms in total. The van der Waals surface area contributed by atoms with Crippen molar-refractivity contribution in [2.75, 3.05) is 0 Å². The Morgan fingerprint density at radius 2 is 1.81 bits per heavy atom. The van der Waals surface area contributed by atoms with Gasteiger partial charge in [0, 0.05) is 12.1 Å². The normalized spacial score (nSPS) is 30.3. The van der Waals surface area contributed by atoms with Crippen LogP contribution in [0.25, 0.3) is 10.2 Å². The molecule has 2 aliphatic carbocycles. The third kappa shape index (κ3) is 3.61. The second-order valence-electron chi connectivity index (χ2n) is 10.2. The van der Waals surface area contributed by atoms with Crippen LogP contribution >= 0.6 is 11.3 Å². The average Bonchev–Trinajstić information content (AvgIpc) is 3.23. The molecule has 31 heavy (non-hydrogen) atoms. The van der Waals surface area contributed by atoms with E-state index in [4.69, 9.17) is 0 Å². The van der Waals surface area contributed by atoms with Gasteiger partial charge in [-0.3, -0.25) is 9.59 Å². The summed E-state index contributed by atoms with van der Waals surface area (Å²) in [5.41, 5.74) is 0.978. The van der Waals surface area contributed by atoms with Gasteiger partial charge in [0.25, 0.3) is 5.91 Å².